The number of aromatic nitrogens is 1. The first-order valence-electron chi connectivity index (χ1n) is 12.3. The number of Topliss-reactive ketones (excluding diaryl/α,β-unsaturated/α-hetero) is 1. The first-order valence-corrected chi connectivity index (χ1v) is 12.3. The number of carbonyl (C=O) groups is 3. The van der Waals surface area contributed by atoms with Crippen molar-refractivity contribution in [3.63, 3.8) is 0 Å². The van der Waals surface area contributed by atoms with Gasteiger partial charge in [-0.05, 0) is 49.1 Å². The van der Waals surface area contributed by atoms with Crippen molar-refractivity contribution >= 4 is 40.9 Å². The lowest BCUT2D eigenvalue weighted by Crippen LogP contribution is -2.34. The number of hydrogen-bond donors (Lipinski definition) is 3. The molecular formula is C27H34N6O3. The third kappa shape index (κ3) is 7.08. The maximum Gasteiger partial charge on any atom is 0.255 e. The fourth-order valence-corrected chi connectivity index (χ4v) is 4.01. The summed E-state index contributed by atoms with van der Waals surface area (Å²) < 4.78 is 0. The Morgan fingerprint density at radius 3 is 2.53 bits per heavy atom. The van der Waals surface area contributed by atoms with E-state index in [-0.39, 0.29) is 30.6 Å². The summed E-state index contributed by atoms with van der Waals surface area (Å²) in [5.41, 5.74) is 15.1. The smallest absolute Gasteiger partial charge is 0.255 e. The molecule has 2 amide bonds. The predicted molar refractivity (Wildman–Crippen MR) is 142 cm³/mol. The summed E-state index contributed by atoms with van der Waals surface area (Å²) in [5.74, 6) is -0.0726. The molecule has 2 heterocycles. The molecule has 3 rings (SSSR count). The van der Waals surface area contributed by atoms with Crippen LogP contribution in [0.1, 0.15) is 61.0 Å². The van der Waals surface area contributed by atoms with Gasteiger partial charge in [-0.2, -0.15) is 0 Å². The zero-order valence-corrected chi connectivity index (χ0v) is 20.9. The van der Waals surface area contributed by atoms with Crippen molar-refractivity contribution in [2.45, 2.75) is 46.0 Å². The maximum absolute atomic E-state index is 13.1. The molecule has 0 spiro atoms. The predicted octanol–water partition coefficient (Wildman–Crippen LogP) is 3.22. The van der Waals surface area contributed by atoms with Crippen molar-refractivity contribution in [3.8, 4) is 0 Å². The number of nitrogens with two attached hydrogens (primary N) is 2. The molecule has 9 heteroatoms. The number of anilines is 1. The van der Waals surface area contributed by atoms with Crippen molar-refractivity contribution in [3.05, 3.63) is 58.9 Å². The number of nitrogens with one attached hydrogen (secondary N) is 1. The highest BCUT2D eigenvalue weighted by molar-refractivity contribution is 6.07. The number of ketones is 1. The lowest BCUT2D eigenvalue weighted by molar-refractivity contribution is -0.127. The molecule has 1 aromatic carbocycles. The Kier molecular flexibility index (Phi) is 9.46. The molecule has 5 N–H and O–H groups in total. The van der Waals surface area contributed by atoms with Gasteiger partial charge >= 0.3 is 0 Å². The summed E-state index contributed by atoms with van der Waals surface area (Å²) in [6.07, 6.45) is 7.86. The molecule has 0 aliphatic carbocycles. The van der Waals surface area contributed by atoms with Crippen LogP contribution in [0.25, 0.3) is 6.08 Å². The Bertz CT molecular complexity index is 1180. The van der Waals surface area contributed by atoms with E-state index >= 15 is 0 Å². The average Bonchev–Trinajstić information content (AvgIpc) is 3.04. The Balaban J connectivity index is 1.79. The lowest BCUT2D eigenvalue weighted by atomic mass is 10.0. The topological polar surface area (TPSA) is 144 Å². The molecule has 0 saturated heterocycles. The number of benzene rings is 1. The summed E-state index contributed by atoms with van der Waals surface area (Å²) in [5, 5.41) is 2.84. The Morgan fingerprint density at radius 2 is 1.83 bits per heavy atom. The number of amidine groups is 1. The number of amides is 2. The first-order chi connectivity index (χ1) is 17.3. The van der Waals surface area contributed by atoms with E-state index in [0.29, 0.717) is 54.3 Å². The average molecular weight is 491 g/mol. The van der Waals surface area contributed by atoms with Crippen LogP contribution >= 0.6 is 0 Å². The molecule has 1 aliphatic heterocycles. The van der Waals surface area contributed by atoms with E-state index in [1.807, 2.05) is 24.8 Å². The van der Waals surface area contributed by atoms with Gasteiger partial charge in [-0.25, -0.2) is 4.99 Å². The second-order valence-corrected chi connectivity index (χ2v) is 8.79. The van der Waals surface area contributed by atoms with Gasteiger partial charge in [0.2, 0.25) is 5.91 Å². The Hall–Kier alpha value is -3.85. The van der Waals surface area contributed by atoms with Crippen molar-refractivity contribution in [2.24, 2.45) is 16.5 Å². The molecule has 0 atom stereocenters. The minimum absolute atomic E-state index is 0.00968. The van der Waals surface area contributed by atoms with Crippen molar-refractivity contribution in [2.75, 3.05) is 25.0 Å². The molecule has 9 nitrogen and oxygen atoms in total. The van der Waals surface area contributed by atoms with Crippen LogP contribution in [0.5, 0.6) is 0 Å². The molecule has 0 radical (unpaired) electrons. The first kappa shape index (κ1) is 26.7. The van der Waals surface area contributed by atoms with Gasteiger partial charge in [0.15, 0.2) is 0 Å². The second-order valence-electron chi connectivity index (χ2n) is 8.79. The van der Waals surface area contributed by atoms with E-state index in [0.717, 1.165) is 24.0 Å². The second kappa shape index (κ2) is 12.7. The van der Waals surface area contributed by atoms with Gasteiger partial charge in [-0.15, -0.1) is 0 Å². The minimum atomic E-state index is -0.329. The number of hydrogen-bond acceptors (Lipinski definition) is 7. The van der Waals surface area contributed by atoms with E-state index in [2.05, 4.69) is 15.3 Å². The molecule has 190 valence electrons. The van der Waals surface area contributed by atoms with Gasteiger partial charge in [-0.1, -0.05) is 19.9 Å². The summed E-state index contributed by atoms with van der Waals surface area (Å²) in [6, 6.07) is 6.91. The monoisotopic (exact) mass is 490 g/mol. The lowest BCUT2D eigenvalue weighted by Gasteiger charge is -2.22. The van der Waals surface area contributed by atoms with Crippen molar-refractivity contribution in [1.82, 2.24) is 9.88 Å². The summed E-state index contributed by atoms with van der Waals surface area (Å²) >= 11 is 0. The zero-order valence-electron chi connectivity index (χ0n) is 20.9. The van der Waals surface area contributed by atoms with Gasteiger partial charge in [0.1, 0.15) is 11.6 Å². The van der Waals surface area contributed by atoms with Crippen LogP contribution in [0.3, 0.4) is 0 Å². The summed E-state index contributed by atoms with van der Waals surface area (Å²) in [4.78, 5) is 48.0. The molecular weight excluding hydrogens is 456 g/mol. The summed E-state index contributed by atoms with van der Waals surface area (Å²) in [7, 11) is 0. The molecule has 0 fully saturated rings. The highest BCUT2D eigenvalue weighted by atomic mass is 16.2. The normalized spacial score (nSPS) is 12.6. The highest BCUT2D eigenvalue weighted by Gasteiger charge is 2.21. The van der Waals surface area contributed by atoms with Gasteiger partial charge < -0.3 is 21.7 Å². The highest BCUT2D eigenvalue weighted by Crippen LogP contribution is 2.29. The van der Waals surface area contributed by atoms with E-state index < -0.39 is 0 Å². The SMILES string of the molecule is CCCN(CCC)C(=O)C1=Cc2ccc(C(=O)Nc3cncc(CCC(=O)CN)c3)cc2N=C(N)C1. The molecule has 36 heavy (non-hydrogen) atoms. The van der Waals surface area contributed by atoms with E-state index in [9.17, 15) is 14.4 Å². The third-order valence-electron chi connectivity index (χ3n) is 5.78. The maximum atomic E-state index is 13.1. The van der Waals surface area contributed by atoms with Crippen molar-refractivity contribution < 1.29 is 14.4 Å². The molecule has 0 unspecified atom stereocenters. The fraction of sp³-hybridized carbons (Fsp3) is 0.370. The molecule has 0 saturated carbocycles. The van der Waals surface area contributed by atoms with Gasteiger partial charge in [-0.3, -0.25) is 19.4 Å². The Labute approximate surface area is 211 Å². The Morgan fingerprint density at radius 1 is 1.08 bits per heavy atom. The van der Waals surface area contributed by atoms with Crippen LogP contribution in [-0.4, -0.2) is 53.0 Å². The quantitative estimate of drug-likeness (QED) is 0.441. The molecule has 2 aromatic rings. The number of aliphatic imine (C=N–C) groups is 1. The fourth-order valence-electron chi connectivity index (χ4n) is 4.01. The van der Waals surface area contributed by atoms with Gasteiger partial charge in [0.05, 0.1) is 24.1 Å². The van der Waals surface area contributed by atoms with Crippen LogP contribution in [0, 0.1) is 0 Å². The third-order valence-corrected chi connectivity index (χ3v) is 5.78. The largest absolute Gasteiger partial charge is 0.387 e. The number of aryl methyl sites for hydroxylation is 1. The molecule has 1 aromatic heterocycles. The van der Waals surface area contributed by atoms with Gasteiger partial charge in [0.25, 0.3) is 5.91 Å². The van der Waals surface area contributed by atoms with E-state index in [4.69, 9.17) is 11.5 Å². The van der Waals surface area contributed by atoms with Crippen LogP contribution < -0.4 is 16.8 Å². The van der Waals surface area contributed by atoms with Crippen LogP contribution in [0.15, 0.2) is 47.2 Å². The summed E-state index contributed by atoms with van der Waals surface area (Å²) in [6.45, 7) is 5.48. The number of carbonyl (C=O) groups excluding carboxylic acids is 3. The number of fused-ring (bicyclic) bond motifs is 1. The molecule has 0 bridgehead atoms. The van der Waals surface area contributed by atoms with Gasteiger partial charge in [0, 0.05) is 48.8 Å². The van der Waals surface area contributed by atoms with Crippen molar-refractivity contribution in [1.29, 1.82) is 0 Å². The molecule has 1 aliphatic rings. The standard InChI is InChI=1S/C27H34N6O3/c1-3-9-33(10-4-2)27(36)21-12-19-6-7-20(13-24(19)32-25(29)14-21)26(35)31-22-11-18(16-30-17-22)5-8-23(34)15-28/h6-7,11-13,16-17H,3-5,8-10,14-15,28H2,1-2H3,(H2,29,32)(H,31,35). The van der Waals surface area contributed by atoms with E-state index in [1.54, 1.807) is 36.7 Å². The van der Waals surface area contributed by atoms with Crippen LogP contribution in [-0.2, 0) is 16.0 Å². The van der Waals surface area contributed by atoms with E-state index in [1.165, 1.54) is 0 Å². The zero-order chi connectivity index (χ0) is 26.1. The van der Waals surface area contributed by atoms with Crippen LogP contribution in [0.4, 0.5) is 11.4 Å². The number of pyridine rings is 1. The minimum Gasteiger partial charge on any atom is -0.387 e. The number of rotatable bonds is 11. The van der Waals surface area contributed by atoms with Crippen LogP contribution in [0.2, 0.25) is 0 Å². The number of nitrogens with zero attached hydrogens (tertiary/aromatic N) is 3.